The van der Waals surface area contributed by atoms with Crippen molar-refractivity contribution in [3.8, 4) is 6.07 Å². The molecule has 0 fully saturated rings. The van der Waals surface area contributed by atoms with E-state index in [4.69, 9.17) is 0 Å². The van der Waals surface area contributed by atoms with Gasteiger partial charge in [0.15, 0.2) is 0 Å². The van der Waals surface area contributed by atoms with E-state index < -0.39 is 29.6 Å². The Morgan fingerprint density at radius 3 is 2.40 bits per heavy atom. The molecule has 0 aliphatic heterocycles. The molecular weight excluding hydrogens is 568 g/mol. The molecule has 0 heterocycles. The number of carboxylic acid groups (broad SMARTS) is 1. The summed E-state index contributed by atoms with van der Waals surface area (Å²) in [7, 11) is 0. The fourth-order valence-electron chi connectivity index (χ4n) is 5.08. The minimum atomic E-state index is -1.08. The van der Waals surface area contributed by atoms with Crippen LogP contribution < -0.4 is 10.2 Å². The summed E-state index contributed by atoms with van der Waals surface area (Å²) in [6.45, 7) is 2.60. The predicted octanol–water partition coefficient (Wildman–Crippen LogP) is 6.96. The summed E-state index contributed by atoms with van der Waals surface area (Å²) in [5.41, 5.74) is 4.56. The van der Waals surface area contributed by atoms with Crippen LogP contribution in [0.2, 0.25) is 0 Å². The lowest BCUT2D eigenvalue weighted by Gasteiger charge is -2.27. The average molecular weight is 602 g/mol. The van der Waals surface area contributed by atoms with Crippen molar-refractivity contribution in [2.75, 3.05) is 16.9 Å². The highest BCUT2D eigenvalue weighted by atomic mass is 32.2. The minimum absolute atomic E-state index is 0.128. The number of anilines is 1. The Hall–Kier alpha value is -4.42. The van der Waals surface area contributed by atoms with Crippen LogP contribution in [0.15, 0.2) is 78.9 Å². The van der Waals surface area contributed by atoms with Crippen molar-refractivity contribution in [3.05, 3.63) is 118 Å². The number of nitrogens with one attached hydrogen (secondary N) is 1. The van der Waals surface area contributed by atoms with Crippen molar-refractivity contribution in [2.24, 2.45) is 5.92 Å². The number of nitriles is 1. The molecule has 1 amide bonds. The number of hydrogen-bond acceptors (Lipinski definition) is 5. The molecule has 1 aliphatic carbocycles. The summed E-state index contributed by atoms with van der Waals surface area (Å²) >= 11 is 1.51. The zero-order valence-electron chi connectivity index (χ0n) is 24.0. The summed E-state index contributed by atoms with van der Waals surface area (Å²) in [6, 6.07) is 16.9. The number of aliphatic carboxylic acids is 1. The summed E-state index contributed by atoms with van der Waals surface area (Å²) in [6.07, 6.45) is 8.96. The third kappa shape index (κ3) is 8.33. The van der Waals surface area contributed by atoms with Crippen LogP contribution in [0.5, 0.6) is 0 Å². The average Bonchev–Trinajstić information content (AvgIpc) is 2.98. The van der Waals surface area contributed by atoms with Crippen LogP contribution >= 0.6 is 11.8 Å². The molecule has 0 spiro atoms. The van der Waals surface area contributed by atoms with E-state index in [0.29, 0.717) is 41.0 Å². The van der Waals surface area contributed by atoms with E-state index >= 15 is 0 Å². The van der Waals surface area contributed by atoms with E-state index in [1.54, 1.807) is 30.3 Å². The normalized spacial score (nSPS) is 14.9. The van der Waals surface area contributed by atoms with Crippen LogP contribution in [0.4, 0.5) is 14.5 Å². The molecule has 1 aliphatic rings. The Kier molecular flexibility index (Phi) is 10.7. The molecule has 4 rings (SSSR count). The Balaban J connectivity index is 1.72. The van der Waals surface area contributed by atoms with E-state index in [9.17, 15) is 28.7 Å². The van der Waals surface area contributed by atoms with Gasteiger partial charge in [-0.2, -0.15) is 17.0 Å². The number of carbonyl (C=O) groups is 2. The topological polar surface area (TPSA) is 93.4 Å². The number of thioether (sulfide) groups is 1. The molecule has 3 aromatic carbocycles. The highest BCUT2D eigenvalue weighted by Crippen LogP contribution is 2.33. The molecule has 43 heavy (non-hydrogen) atoms. The second kappa shape index (κ2) is 14.7. The number of amides is 1. The van der Waals surface area contributed by atoms with Crippen LogP contribution in [-0.4, -0.2) is 35.0 Å². The molecule has 2 atom stereocenters. The summed E-state index contributed by atoms with van der Waals surface area (Å²) in [4.78, 5) is 27.3. The molecule has 3 aromatic rings. The molecule has 0 saturated carbocycles. The van der Waals surface area contributed by atoms with Crippen LogP contribution in [-0.2, 0) is 17.9 Å². The lowest BCUT2D eigenvalue weighted by Crippen LogP contribution is -2.41. The molecule has 0 aromatic heterocycles. The summed E-state index contributed by atoms with van der Waals surface area (Å²) in [5.74, 6) is -2.16. The van der Waals surface area contributed by atoms with Gasteiger partial charge in [-0.3, -0.25) is 4.79 Å². The number of allylic oxidation sites excluding steroid dienone is 4. The SMILES string of the molecule is CSCC[C@H](NC(=O)c1ccc(CN(Cc2cc(F)cc(F)c2)c2ccc(C#N)cc2)cc1C1=CC=CCC1C)C(=O)O. The minimum Gasteiger partial charge on any atom is -0.480 e. The van der Waals surface area contributed by atoms with Gasteiger partial charge in [-0.1, -0.05) is 31.2 Å². The highest BCUT2D eigenvalue weighted by Gasteiger charge is 2.25. The Bertz CT molecular complexity index is 1560. The third-order valence-corrected chi connectivity index (χ3v) is 7.96. The second-order valence-electron chi connectivity index (χ2n) is 10.5. The van der Waals surface area contributed by atoms with Crippen molar-refractivity contribution < 1.29 is 23.5 Å². The summed E-state index contributed by atoms with van der Waals surface area (Å²) in [5, 5.41) is 21.6. The quantitative estimate of drug-likeness (QED) is 0.233. The van der Waals surface area contributed by atoms with Gasteiger partial charge in [-0.05, 0) is 102 Å². The van der Waals surface area contributed by atoms with E-state index in [1.165, 1.54) is 23.9 Å². The first-order chi connectivity index (χ1) is 20.7. The number of halogens is 2. The van der Waals surface area contributed by atoms with Crippen molar-refractivity contribution >= 4 is 34.9 Å². The maximum Gasteiger partial charge on any atom is 0.326 e. The second-order valence-corrected chi connectivity index (χ2v) is 11.5. The van der Waals surface area contributed by atoms with Crippen LogP contribution in [0.25, 0.3) is 5.57 Å². The standard InChI is InChI=1S/C34H33F2N3O3S/c1-22-5-3-4-6-29(22)31-17-24(9-12-30(31)33(40)38-32(34(41)42)13-14-43-2)20-39(28-10-7-23(19-37)8-11-28)21-25-15-26(35)18-27(36)16-25/h3-4,6-12,15-18,22,32H,5,13-14,20-21H2,1-2H3,(H,38,40)(H,41,42)/t22?,32-/m0/s1. The highest BCUT2D eigenvalue weighted by molar-refractivity contribution is 7.98. The van der Waals surface area contributed by atoms with Crippen molar-refractivity contribution in [1.82, 2.24) is 5.32 Å². The maximum absolute atomic E-state index is 14.0. The van der Waals surface area contributed by atoms with E-state index in [2.05, 4.69) is 24.4 Å². The van der Waals surface area contributed by atoms with Gasteiger partial charge >= 0.3 is 5.97 Å². The van der Waals surface area contributed by atoms with Gasteiger partial charge in [0.25, 0.3) is 5.91 Å². The van der Waals surface area contributed by atoms with Gasteiger partial charge in [0, 0.05) is 30.4 Å². The molecule has 0 saturated heterocycles. The van der Waals surface area contributed by atoms with Gasteiger partial charge in [0.2, 0.25) is 0 Å². The summed E-state index contributed by atoms with van der Waals surface area (Å²) < 4.78 is 28.1. The van der Waals surface area contributed by atoms with Crippen molar-refractivity contribution in [3.63, 3.8) is 0 Å². The van der Waals surface area contributed by atoms with E-state index in [-0.39, 0.29) is 12.5 Å². The number of benzene rings is 3. The first kappa shape index (κ1) is 31.5. The molecule has 222 valence electrons. The van der Waals surface area contributed by atoms with Crippen molar-refractivity contribution in [2.45, 2.75) is 38.9 Å². The molecule has 6 nitrogen and oxygen atoms in total. The Labute approximate surface area is 254 Å². The Morgan fingerprint density at radius 2 is 1.77 bits per heavy atom. The lowest BCUT2D eigenvalue weighted by molar-refractivity contribution is -0.139. The number of carbonyl (C=O) groups excluding carboxylic acids is 1. The lowest BCUT2D eigenvalue weighted by atomic mass is 9.84. The smallest absolute Gasteiger partial charge is 0.326 e. The maximum atomic E-state index is 14.0. The third-order valence-electron chi connectivity index (χ3n) is 7.32. The molecule has 0 bridgehead atoms. The van der Waals surface area contributed by atoms with Crippen molar-refractivity contribution in [1.29, 1.82) is 5.26 Å². The first-order valence-corrected chi connectivity index (χ1v) is 15.3. The largest absolute Gasteiger partial charge is 0.480 e. The molecular formula is C34H33F2N3O3S. The van der Waals surface area contributed by atoms with Crippen LogP contribution in [0.1, 0.15) is 52.4 Å². The number of carboxylic acids is 1. The van der Waals surface area contributed by atoms with Gasteiger partial charge in [-0.15, -0.1) is 0 Å². The van der Waals surface area contributed by atoms with Crippen LogP contribution in [0, 0.1) is 28.9 Å². The zero-order valence-corrected chi connectivity index (χ0v) is 24.8. The zero-order chi connectivity index (χ0) is 30.9. The monoisotopic (exact) mass is 601 g/mol. The number of hydrogen-bond donors (Lipinski definition) is 2. The van der Waals surface area contributed by atoms with E-state index in [0.717, 1.165) is 29.3 Å². The van der Waals surface area contributed by atoms with Crippen LogP contribution in [0.3, 0.4) is 0 Å². The number of nitrogens with zero attached hydrogens (tertiary/aromatic N) is 2. The van der Waals surface area contributed by atoms with Gasteiger partial charge in [0.05, 0.1) is 11.6 Å². The molecule has 1 unspecified atom stereocenters. The fourth-order valence-corrected chi connectivity index (χ4v) is 5.56. The first-order valence-electron chi connectivity index (χ1n) is 13.9. The molecule has 9 heteroatoms. The van der Waals surface area contributed by atoms with Gasteiger partial charge in [0.1, 0.15) is 17.7 Å². The predicted molar refractivity (Wildman–Crippen MR) is 167 cm³/mol. The molecule has 2 N–H and O–H groups in total. The molecule has 0 radical (unpaired) electrons. The van der Waals surface area contributed by atoms with Gasteiger partial charge in [-0.25, -0.2) is 13.6 Å². The van der Waals surface area contributed by atoms with E-state index in [1.807, 2.05) is 35.4 Å². The van der Waals surface area contributed by atoms with Gasteiger partial charge < -0.3 is 15.3 Å². The fraction of sp³-hybridized carbons (Fsp3) is 0.265. The Morgan fingerprint density at radius 1 is 1.07 bits per heavy atom. The number of rotatable bonds is 12.